The maximum atomic E-state index is 11.2. The largest absolute Gasteiger partial charge is 0.493 e. The molecule has 0 amide bonds. The van der Waals surface area contributed by atoms with Crippen LogP contribution in [0.1, 0.15) is 23.9 Å². The number of pyridine rings is 2. The number of carbonyl (C=O) groups excluding carboxylic acids is 1. The summed E-state index contributed by atoms with van der Waals surface area (Å²) in [6, 6.07) is 17.3. The molecule has 0 aliphatic carbocycles. The molecule has 0 atom stereocenters. The van der Waals surface area contributed by atoms with Gasteiger partial charge in [-0.3, -0.25) is 19.7 Å². The van der Waals surface area contributed by atoms with Gasteiger partial charge in [0.2, 0.25) is 0 Å². The van der Waals surface area contributed by atoms with Crippen molar-refractivity contribution in [2.45, 2.75) is 20.0 Å². The summed E-state index contributed by atoms with van der Waals surface area (Å²) in [5.41, 5.74) is 2.97. The molecule has 2 heterocycles. The van der Waals surface area contributed by atoms with E-state index in [1.165, 1.54) is 6.92 Å². The zero-order chi connectivity index (χ0) is 21.2. The van der Waals surface area contributed by atoms with Crippen LogP contribution < -0.4 is 9.47 Å². The molecular formula is C24H25N3O3. The van der Waals surface area contributed by atoms with Crippen molar-refractivity contribution in [3.63, 3.8) is 0 Å². The van der Waals surface area contributed by atoms with Gasteiger partial charge in [-0.25, -0.2) is 0 Å². The fraction of sp³-hybridized carbons (Fsp3) is 0.208. The van der Waals surface area contributed by atoms with Crippen LogP contribution in [0, 0.1) is 0 Å². The average molecular weight is 403 g/mol. The van der Waals surface area contributed by atoms with E-state index in [1.807, 2.05) is 54.6 Å². The first-order valence-electron chi connectivity index (χ1n) is 9.69. The maximum Gasteiger partial charge on any atom is 0.308 e. The minimum atomic E-state index is -0.378. The Morgan fingerprint density at radius 3 is 2.17 bits per heavy atom. The van der Waals surface area contributed by atoms with Crippen LogP contribution >= 0.6 is 0 Å². The summed E-state index contributed by atoms with van der Waals surface area (Å²) in [5.74, 6) is 0.552. The van der Waals surface area contributed by atoms with Gasteiger partial charge >= 0.3 is 5.97 Å². The van der Waals surface area contributed by atoms with Crippen molar-refractivity contribution in [3.05, 3.63) is 90.0 Å². The van der Waals surface area contributed by atoms with E-state index in [2.05, 4.69) is 20.9 Å². The second-order valence-corrected chi connectivity index (χ2v) is 6.72. The van der Waals surface area contributed by atoms with Gasteiger partial charge in [0, 0.05) is 39.0 Å². The zero-order valence-electron chi connectivity index (χ0n) is 17.2. The van der Waals surface area contributed by atoms with Crippen molar-refractivity contribution in [1.82, 2.24) is 14.9 Å². The number of carbonyl (C=O) groups is 1. The highest BCUT2D eigenvalue weighted by Crippen LogP contribution is 2.28. The maximum absolute atomic E-state index is 11.2. The number of esters is 1. The van der Waals surface area contributed by atoms with Crippen molar-refractivity contribution in [1.29, 1.82) is 0 Å². The highest BCUT2D eigenvalue weighted by molar-refractivity contribution is 5.71. The first-order chi connectivity index (χ1) is 14.6. The van der Waals surface area contributed by atoms with E-state index in [4.69, 9.17) is 9.47 Å². The quantitative estimate of drug-likeness (QED) is 0.395. The summed E-state index contributed by atoms with van der Waals surface area (Å²) < 4.78 is 10.5. The summed E-state index contributed by atoms with van der Waals surface area (Å²) in [6.45, 7) is 3.53. The van der Waals surface area contributed by atoms with Crippen LogP contribution in [0.25, 0.3) is 6.08 Å². The Bertz CT molecular complexity index is 934. The molecule has 3 rings (SSSR count). The third kappa shape index (κ3) is 6.53. The van der Waals surface area contributed by atoms with Crippen molar-refractivity contribution in [2.24, 2.45) is 0 Å². The first-order valence-corrected chi connectivity index (χ1v) is 9.69. The molecule has 0 bridgehead atoms. The Balaban J connectivity index is 1.71. The summed E-state index contributed by atoms with van der Waals surface area (Å²) in [6.07, 6.45) is 7.72. The van der Waals surface area contributed by atoms with Crippen molar-refractivity contribution < 1.29 is 14.3 Å². The highest BCUT2D eigenvalue weighted by atomic mass is 16.6. The zero-order valence-corrected chi connectivity index (χ0v) is 17.2. The topological polar surface area (TPSA) is 64.6 Å². The molecule has 1 aromatic carbocycles. The van der Waals surface area contributed by atoms with E-state index in [0.717, 1.165) is 36.6 Å². The Kier molecular flexibility index (Phi) is 7.69. The normalized spacial score (nSPS) is 11.0. The molecule has 0 saturated carbocycles. The third-order valence-electron chi connectivity index (χ3n) is 4.34. The van der Waals surface area contributed by atoms with Gasteiger partial charge in [0.25, 0.3) is 0 Å². The lowest BCUT2D eigenvalue weighted by atomic mass is 10.2. The van der Waals surface area contributed by atoms with E-state index in [1.54, 1.807) is 25.6 Å². The van der Waals surface area contributed by atoms with E-state index < -0.39 is 0 Å². The van der Waals surface area contributed by atoms with Crippen LogP contribution in [0.4, 0.5) is 0 Å². The lowest BCUT2D eigenvalue weighted by molar-refractivity contribution is -0.132. The number of aromatic nitrogens is 2. The van der Waals surface area contributed by atoms with Gasteiger partial charge in [-0.2, -0.15) is 0 Å². The van der Waals surface area contributed by atoms with Gasteiger partial charge in [-0.15, -0.1) is 0 Å². The molecule has 154 valence electrons. The standard InChI is InChI=1S/C24H25N3O3/c1-19(28)30-23-12-11-20(16-24(23)29-2)8-7-15-27(17-21-9-3-5-13-25-21)18-22-10-4-6-14-26-22/h3-14,16H,15,17-18H2,1-2H3/b8-7+. The van der Waals surface area contributed by atoms with Gasteiger partial charge in [-0.05, 0) is 42.0 Å². The van der Waals surface area contributed by atoms with E-state index in [-0.39, 0.29) is 5.97 Å². The van der Waals surface area contributed by atoms with Crippen molar-refractivity contribution >= 4 is 12.0 Å². The highest BCUT2D eigenvalue weighted by Gasteiger charge is 2.09. The summed E-state index contributed by atoms with van der Waals surface area (Å²) in [4.78, 5) is 22.4. The Labute approximate surface area is 176 Å². The fourth-order valence-electron chi connectivity index (χ4n) is 2.99. The molecule has 6 nitrogen and oxygen atoms in total. The van der Waals surface area contributed by atoms with Crippen LogP contribution in [0.15, 0.2) is 73.1 Å². The van der Waals surface area contributed by atoms with E-state index in [9.17, 15) is 4.79 Å². The SMILES string of the molecule is COc1cc(/C=C/CN(Cc2ccccn2)Cc2ccccn2)ccc1OC(C)=O. The van der Waals surface area contributed by atoms with Crippen molar-refractivity contribution in [2.75, 3.05) is 13.7 Å². The molecular weight excluding hydrogens is 378 g/mol. The van der Waals surface area contributed by atoms with Gasteiger partial charge in [0.15, 0.2) is 11.5 Å². The number of hydrogen-bond donors (Lipinski definition) is 0. The molecule has 2 aromatic heterocycles. The Morgan fingerprint density at radius 2 is 1.63 bits per heavy atom. The molecule has 0 N–H and O–H groups in total. The molecule has 0 saturated heterocycles. The molecule has 0 unspecified atom stereocenters. The number of ether oxygens (including phenoxy) is 2. The van der Waals surface area contributed by atoms with Crippen LogP contribution in [0.2, 0.25) is 0 Å². The Morgan fingerprint density at radius 1 is 0.967 bits per heavy atom. The average Bonchev–Trinajstić information content (AvgIpc) is 2.75. The lowest BCUT2D eigenvalue weighted by Gasteiger charge is -2.20. The second kappa shape index (κ2) is 10.9. The monoisotopic (exact) mass is 403 g/mol. The summed E-state index contributed by atoms with van der Waals surface area (Å²) >= 11 is 0. The van der Waals surface area contributed by atoms with Gasteiger partial charge in [0.05, 0.1) is 18.5 Å². The number of nitrogens with zero attached hydrogens (tertiary/aromatic N) is 3. The Hall–Kier alpha value is -3.51. The number of methoxy groups -OCH3 is 1. The predicted octanol–water partition coefficient (Wildman–Crippen LogP) is 4.13. The molecule has 0 radical (unpaired) electrons. The summed E-state index contributed by atoms with van der Waals surface area (Å²) in [7, 11) is 1.55. The smallest absolute Gasteiger partial charge is 0.308 e. The van der Waals surface area contributed by atoms with Gasteiger partial charge in [-0.1, -0.05) is 30.4 Å². The van der Waals surface area contributed by atoms with E-state index in [0.29, 0.717) is 11.5 Å². The second-order valence-electron chi connectivity index (χ2n) is 6.72. The minimum Gasteiger partial charge on any atom is -0.493 e. The minimum absolute atomic E-state index is 0.378. The van der Waals surface area contributed by atoms with Crippen LogP contribution in [0.3, 0.4) is 0 Å². The van der Waals surface area contributed by atoms with Crippen LogP contribution in [-0.2, 0) is 17.9 Å². The predicted molar refractivity (Wildman–Crippen MR) is 116 cm³/mol. The fourth-order valence-corrected chi connectivity index (χ4v) is 2.99. The van der Waals surface area contributed by atoms with Crippen LogP contribution in [0.5, 0.6) is 11.5 Å². The summed E-state index contributed by atoms with van der Waals surface area (Å²) in [5, 5.41) is 0. The third-order valence-corrected chi connectivity index (χ3v) is 4.34. The van der Waals surface area contributed by atoms with E-state index >= 15 is 0 Å². The number of benzene rings is 1. The number of hydrogen-bond acceptors (Lipinski definition) is 6. The molecule has 0 fully saturated rings. The molecule has 0 aliphatic rings. The van der Waals surface area contributed by atoms with Crippen molar-refractivity contribution in [3.8, 4) is 11.5 Å². The van der Waals surface area contributed by atoms with Gasteiger partial charge < -0.3 is 9.47 Å². The molecule has 6 heteroatoms. The number of rotatable bonds is 9. The van der Waals surface area contributed by atoms with Gasteiger partial charge in [0.1, 0.15) is 0 Å². The molecule has 3 aromatic rings. The first kappa shape index (κ1) is 21.2. The lowest BCUT2D eigenvalue weighted by Crippen LogP contribution is -2.24. The van der Waals surface area contributed by atoms with Crippen LogP contribution in [-0.4, -0.2) is 34.5 Å². The molecule has 30 heavy (non-hydrogen) atoms. The molecule has 0 spiro atoms. The molecule has 0 aliphatic heterocycles.